The molecule has 0 aliphatic carbocycles. The molecule has 0 radical (unpaired) electrons. The van der Waals surface area contributed by atoms with Crippen molar-refractivity contribution in [1.82, 2.24) is 0 Å². The third kappa shape index (κ3) is 3.23. The highest BCUT2D eigenvalue weighted by molar-refractivity contribution is 6.37. The lowest BCUT2D eigenvalue weighted by molar-refractivity contribution is -0.160. The molecule has 0 aromatic rings. The third-order valence-electron chi connectivity index (χ3n) is 1.42. The first kappa shape index (κ1) is 11.6. The first-order chi connectivity index (χ1) is 6.04. The summed E-state index contributed by atoms with van der Waals surface area (Å²) in [6.07, 6.45) is 0. The van der Waals surface area contributed by atoms with E-state index in [2.05, 4.69) is 9.47 Å². The van der Waals surface area contributed by atoms with E-state index in [0.717, 1.165) is 7.11 Å². The van der Waals surface area contributed by atoms with Crippen molar-refractivity contribution >= 4 is 17.7 Å². The van der Waals surface area contributed by atoms with Gasteiger partial charge in [0.05, 0.1) is 13.7 Å². The Morgan fingerprint density at radius 2 is 1.85 bits per heavy atom. The molecule has 0 bridgehead atoms. The van der Waals surface area contributed by atoms with E-state index in [1.165, 1.54) is 6.92 Å². The van der Waals surface area contributed by atoms with Gasteiger partial charge in [0.1, 0.15) is 5.92 Å². The molecule has 0 rings (SSSR count). The van der Waals surface area contributed by atoms with Crippen LogP contribution < -0.4 is 0 Å². The molecule has 0 aromatic heterocycles. The fourth-order valence-corrected chi connectivity index (χ4v) is 0.663. The zero-order chi connectivity index (χ0) is 10.4. The summed E-state index contributed by atoms with van der Waals surface area (Å²) in [5.74, 6) is -3.71. The van der Waals surface area contributed by atoms with Crippen LogP contribution in [0.3, 0.4) is 0 Å². The average molecular weight is 188 g/mol. The minimum Gasteiger partial charge on any atom is -0.468 e. The van der Waals surface area contributed by atoms with Crippen LogP contribution in [0.25, 0.3) is 0 Å². The van der Waals surface area contributed by atoms with Crippen LogP contribution in [0.5, 0.6) is 0 Å². The number of rotatable bonds is 4. The Morgan fingerprint density at radius 3 is 2.23 bits per heavy atom. The van der Waals surface area contributed by atoms with Gasteiger partial charge in [-0.05, 0) is 13.8 Å². The Bertz CT molecular complexity index is 221. The van der Waals surface area contributed by atoms with Gasteiger partial charge >= 0.3 is 11.9 Å². The lowest BCUT2D eigenvalue weighted by Gasteiger charge is -2.06. The van der Waals surface area contributed by atoms with Crippen LogP contribution in [-0.4, -0.2) is 31.4 Å². The van der Waals surface area contributed by atoms with Crippen molar-refractivity contribution in [1.29, 1.82) is 0 Å². The van der Waals surface area contributed by atoms with Gasteiger partial charge in [0, 0.05) is 0 Å². The summed E-state index contributed by atoms with van der Waals surface area (Å²) < 4.78 is 8.72. The Labute approximate surface area is 76.0 Å². The standard InChI is InChI=1S/C8H12O5/c1-4-13-8(11)6(9)5(2)7(10)12-3/h5H,4H2,1-3H3. The van der Waals surface area contributed by atoms with Gasteiger partial charge in [-0.25, -0.2) is 4.79 Å². The molecule has 0 aliphatic rings. The Kier molecular flexibility index (Phi) is 4.72. The second-order valence-corrected chi connectivity index (χ2v) is 2.33. The lowest BCUT2D eigenvalue weighted by Crippen LogP contribution is -2.30. The van der Waals surface area contributed by atoms with Gasteiger partial charge in [-0.3, -0.25) is 9.59 Å². The highest BCUT2D eigenvalue weighted by Gasteiger charge is 2.28. The maximum atomic E-state index is 11.1. The molecule has 0 aliphatic heterocycles. The van der Waals surface area contributed by atoms with Crippen molar-refractivity contribution in [3.05, 3.63) is 0 Å². The molecule has 1 atom stereocenters. The molecule has 5 nitrogen and oxygen atoms in total. The topological polar surface area (TPSA) is 69.7 Å². The molecule has 0 saturated heterocycles. The second-order valence-electron chi connectivity index (χ2n) is 2.33. The van der Waals surface area contributed by atoms with E-state index in [-0.39, 0.29) is 6.61 Å². The number of ether oxygens (including phenoxy) is 2. The highest BCUT2D eigenvalue weighted by Crippen LogP contribution is 2.01. The molecule has 0 aromatic carbocycles. The Hall–Kier alpha value is -1.39. The van der Waals surface area contributed by atoms with Gasteiger partial charge in [0.15, 0.2) is 0 Å². The normalized spacial score (nSPS) is 11.6. The summed E-state index contributed by atoms with van der Waals surface area (Å²) in [4.78, 5) is 32.7. The van der Waals surface area contributed by atoms with Crippen molar-refractivity contribution in [2.75, 3.05) is 13.7 Å². The van der Waals surface area contributed by atoms with Crippen molar-refractivity contribution < 1.29 is 23.9 Å². The van der Waals surface area contributed by atoms with Crippen LogP contribution >= 0.6 is 0 Å². The van der Waals surface area contributed by atoms with Gasteiger partial charge in [0.2, 0.25) is 0 Å². The van der Waals surface area contributed by atoms with Crippen LogP contribution in [0.1, 0.15) is 13.8 Å². The van der Waals surface area contributed by atoms with Gasteiger partial charge in [-0.1, -0.05) is 0 Å². The largest absolute Gasteiger partial charge is 0.468 e. The molecule has 0 fully saturated rings. The van der Waals surface area contributed by atoms with Crippen LogP contribution in [0.4, 0.5) is 0 Å². The van der Waals surface area contributed by atoms with Crippen LogP contribution in [-0.2, 0) is 23.9 Å². The molecule has 0 heterocycles. The molecular weight excluding hydrogens is 176 g/mol. The first-order valence-corrected chi connectivity index (χ1v) is 3.83. The predicted molar refractivity (Wildman–Crippen MR) is 42.8 cm³/mol. The van der Waals surface area contributed by atoms with Gasteiger partial charge in [-0.2, -0.15) is 0 Å². The van der Waals surface area contributed by atoms with E-state index in [1.807, 2.05) is 0 Å². The van der Waals surface area contributed by atoms with Gasteiger partial charge in [0.25, 0.3) is 5.78 Å². The van der Waals surface area contributed by atoms with Gasteiger partial charge < -0.3 is 9.47 Å². The molecule has 74 valence electrons. The smallest absolute Gasteiger partial charge is 0.375 e. The van der Waals surface area contributed by atoms with Crippen LogP contribution in [0.15, 0.2) is 0 Å². The molecular formula is C8H12O5. The quantitative estimate of drug-likeness (QED) is 0.351. The van der Waals surface area contributed by atoms with E-state index in [0.29, 0.717) is 0 Å². The number of methoxy groups -OCH3 is 1. The highest BCUT2D eigenvalue weighted by atomic mass is 16.5. The minimum absolute atomic E-state index is 0.110. The molecule has 1 unspecified atom stereocenters. The zero-order valence-electron chi connectivity index (χ0n) is 7.83. The summed E-state index contributed by atoms with van der Waals surface area (Å²) >= 11 is 0. The number of Topliss-reactive ketones (excluding diaryl/α,β-unsaturated/α-hetero) is 1. The van der Waals surface area contributed by atoms with E-state index < -0.39 is 23.6 Å². The van der Waals surface area contributed by atoms with E-state index >= 15 is 0 Å². The summed E-state index contributed by atoms with van der Waals surface area (Å²) in [6.45, 7) is 2.98. The predicted octanol–water partition coefficient (Wildman–Crippen LogP) is -0.0723. The molecule has 0 saturated carbocycles. The Balaban J connectivity index is 4.25. The van der Waals surface area contributed by atoms with E-state index in [4.69, 9.17) is 0 Å². The molecule has 13 heavy (non-hydrogen) atoms. The summed E-state index contributed by atoms with van der Waals surface area (Å²) in [7, 11) is 1.15. The maximum Gasteiger partial charge on any atom is 0.375 e. The van der Waals surface area contributed by atoms with E-state index in [1.54, 1.807) is 6.92 Å². The van der Waals surface area contributed by atoms with E-state index in [9.17, 15) is 14.4 Å². The molecule has 0 amide bonds. The fraction of sp³-hybridized carbons (Fsp3) is 0.625. The summed E-state index contributed by atoms with van der Waals surface area (Å²) in [6, 6.07) is 0. The SMILES string of the molecule is CCOC(=O)C(=O)C(C)C(=O)OC. The maximum absolute atomic E-state index is 11.1. The van der Waals surface area contributed by atoms with Crippen LogP contribution in [0.2, 0.25) is 0 Å². The van der Waals surface area contributed by atoms with Crippen molar-refractivity contribution in [2.45, 2.75) is 13.8 Å². The molecule has 5 heteroatoms. The third-order valence-corrected chi connectivity index (χ3v) is 1.42. The monoisotopic (exact) mass is 188 g/mol. The lowest BCUT2D eigenvalue weighted by atomic mass is 10.1. The summed E-state index contributed by atoms with van der Waals surface area (Å²) in [5, 5.41) is 0. The summed E-state index contributed by atoms with van der Waals surface area (Å²) in [5.41, 5.74) is 0. The second kappa shape index (κ2) is 5.29. The van der Waals surface area contributed by atoms with Gasteiger partial charge in [-0.15, -0.1) is 0 Å². The fourth-order valence-electron chi connectivity index (χ4n) is 0.663. The zero-order valence-corrected chi connectivity index (χ0v) is 7.83. The van der Waals surface area contributed by atoms with Crippen molar-refractivity contribution in [3.63, 3.8) is 0 Å². The van der Waals surface area contributed by atoms with Crippen LogP contribution in [0, 0.1) is 5.92 Å². The minimum atomic E-state index is -1.09. The number of carbonyl (C=O) groups excluding carboxylic acids is 3. The number of esters is 2. The number of hydrogen-bond acceptors (Lipinski definition) is 5. The molecule has 0 N–H and O–H groups in total. The molecule has 0 spiro atoms. The van der Waals surface area contributed by atoms with Crippen molar-refractivity contribution in [3.8, 4) is 0 Å². The number of hydrogen-bond donors (Lipinski definition) is 0. The number of carbonyl (C=O) groups is 3. The first-order valence-electron chi connectivity index (χ1n) is 3.83. The van der Waals surface area contributed by atoms with Crippen molar-refractivity contribution in [2.24, 2.45) is 5.92 Å². The Morgan fingerprint density at radius 1 is 1.31 bits per heavy atom. The average Bonchev–Trinajstić information content (AvgIpc) is 2.14. The number of ketones is 1.